The Bertz CT molecular complexity index is 808. The van der Waals surface area contributed by atoms with E-state index in [0.29, 0.717) is 6.04 Å². The average molecular weight is 372 g/mol. The normalized spacial score (nSPS) is 17.2. The van der Waals surface area contributed by atoms with Gasteiger partial charge in [0.15, 0.2) is 0 Å². The van der Waals surface area contributed by atoms with Crippen LogP contribution in [0.25, 0.3) is 11.3 Å². The first-order valence-electron chi connectivity index (χ1n) is 7.89. The van der Waals surface area contributed by atoms with E-state index in [4.69, 9.17) is 4.42 Å². The molecule has 4 nitrogen and oxygen atoms in total. The monoisotopic (exact) mass is 371 g/mol. The standard InChI is InChI=1S/C18H18BrN3O/c19-13-4-1-3-12(9-13)16-10-21-18(22-16)11-20-15-5-2-6-17-14(15)7-8-23-17/h1,3-4,7-10,15,20H,2,5-6,11H2,(H,21,22). The van der Waals surface area contributed by atoms with Gasteiger partial charge in [-0.05, 0) is 31.0 Å². The summed E-state index contributed by atoms with van der Waals surface area (Å²) in [4.78, 5) is 7.89. The van der Waals surface area contributed by atoms with Gasteiger partial charge < -0.3 is 14.7 Å². The molecule has 2 aromatic heterocycles. The van der Waals surface area contributed by atoms with Gasteiger partial charge in [0.2, 0.25) is 0 Å². The Morgan fingerprint density at radius 3 is 3.22 bits per heavy atom. The van der Waals surface area contributed by atoms with Crippen molar-refractivity contribution in [2.45, 2.75) is 31.8 Å². The number of nitrogens with one attached hydrogen (secondary N) is 2. The highest BCUT2D eigenvalue weighted by Crippen LogP contribution is 2.30. The van der Waals surface area contributed by atoms with Gasteiger partial charge in [-0.3, -0.25) is 0 Å². The molecular weight excluding hydrogens is 354 g/mol. The van der Waals surface area contributed by atoms with Crippen molar-refractivity contribution in [1.82, 2.24) is 15.3 Å². The van der Waals surface area contributed by atoms with E-state index in [1.54, 1.807) is 6.26 Å². The van der Waals surface area contributed by atoms with Gasteiger partial charge in [0.1, 0.15) is 11.6 Å². The minimum absolute atomic E-state index is 0.358. The van der Waals surface area contributed by atoms with Crippen molar-refractivity contribution in [2.24, 2.45) is 0 Å². The molecule has 5 heteroatoms. The molecule has 2 heterocycles. The number of fused-ring (bicyclic) bond motifs is 1. The summed E-state index contributed by atoms with van der Waals surface area (Å²) >= 11 is 3.51. The molecule has 4 rings (SSSR count). The number of furan rings is 1. The van der Waals surface area contributed by atoms with Gasteiger partial charge in [0.25, 0.3) is 0 Å². The van der Waals surface area contributed by atoms with Crippen molar-refractivity contribution in [3.05, 3.63) is 64.4 Å². The van der Waals surface area contributed by atoms with Crippen molar-refractivity contribution in [3.8, 4) is 11.3 Å². The summed E-state index contributed by atoms with van der Waals surface area (Å²) in [6, 6.07) is 10.7. The molecule has 1 aliphatic carbocycles. The molecule has 2 N–H and O–H groups in total. The topological polar surface area (TPSA) is 53.9 Å². The Labute approximate surface area is 143 Å². The Morgan fingerprint density at radius 1 is 1.35 bits per heavy atom. The number of rotatable bonds is 4. The van der Waals surface area contributed by atoms with Crippen molar-refractivity contribution in [3.63, 3.8) is 0 Å². The van der Waals surface area contributed by atoms with Gasteiger partial charge in [0.05, 0.1) is 24.7 Å². The van der Waals surface area contributed by atoms with Crippen LogP contribution in [0, 0.1) is 0 Å². The molecule has 23 heavy (non-hydrogen) atoms. The van der Waals surface area contributed by atoms with Crippen LogP contribution in [0.4, 0.5) is 0 Å². The van der Waals surface area contributed by atoms with Gasteiger partial charge in [-0.15, -0.1) is 0 Å². The number of aromatic amines is 1. The largest absolute Gasteiger partial charge is 0.469 e. The number of nitrogens with zero attached hydrogens (tertiary/aromatic N) is 1. The summed E-state index contributed by atoms with van der Waals surface area (Å²) in [6.45, 7) is 0.725. The van der Waals surface area contributed by atoms with Crippen LogP contribution < -0.4 is 5.32 Å². The fourth-order valence-electron chi connectivity index (χ4n) is 3.17. The quantitative estimate of drug-likeness (QED) is 0.704. The second-order valence-electron chi connectivity index (χ2n) is 5.88. The molecule has 1 aromatic carbocycles. The molecule has 0 amide bonds. The molecule has 0 fully saturated rings. The first-order chi connectivity index (χ1) is 11.3. The molecule has 0 aliphatic heterocycles. The Balaban J connectivity index is 1.45. The van der Waals surface area contributed by atoms with E-state index in [2.05, 4.69) is 49.4 Å². The number of halogens is 1. The molecule has 1 atom stereocenters. The molecule has 0 saturated heterocycles. The Hall–Kier alpha value is -1.85. The zero-order chi connectivity index (χ0) is 15.6. The number of H-pyrrole nitrogens is 1. The summed E-state index contributed by atoms with van der Waals surface area (Å²) in [5.74, 6) is 2.08. The molecular formula is C18H18BrN3O. The lowest BCUT2D eigenvalue weighted by Crippen LogP contribution is -2.24. The first-order valence-corrected chi connectivity index (χ1v) is 8.68. The second-order valence-corrected chi connectivity index (χ2v) is 6.79. The number of benzene rings is 1. The molecule has 0 spiro atoms. The summed E-state index contributed by atoms with van der Waals surface area (Å²) in [6.07, 6.45) is 7.05. The fraction of sp³-hybridized carbons (Fsp3) is 0.278. The van der Waals surface area contributed by atoms with Crippen molar-refractivity contribution in [2.75, 3.05) is 0 Å². The van der Waals surface area contributed by atoms with Gasteiger partial charge >= 0.3 is 0 Å². The predicted octanol–water partition coefficient (Wildman–Crippen LogP) is 4.60. The van der Waals surface area contributed by atoms with Crippen LogP contribution in [0.1, 0.15) is 36.0 Å². The lowest BCUT2D eigenvalue weighted by Gasteiger charge is -2.22. The SMILES string of the molecule is Brc1cccc(-c2cnc(CNC3CCCc4occc43)[nH]2)c1. The Kier molecular flexibility index (Phi) is 4.06. The van der Waals surface area contributed by atoms with Crippen LogP contribution in [0.15, 0.2) is 51.7 Å². The second kappa shape index (κ2) is 6.34. The van der Waals surface area contributed by atoms with E-state index < -0.39 is 0 Å². The van der Waals surface area contributed by atoms with E-state index in [9.17, 15) is 0 Å². The van der Waals surface area contributed by atoms with Crippen molar-refractivity contribution < 1.29 is 4.42 Å². The zero-order valence-electron chi connectivity index (χ0n) is 12.7. The third-order valence-corrected chi connectivity index (χ3v) is 4.83. The van der Waals surface area contributed by atoms with Gasteiger partial charge in [0, 0.05) is 28.1 Å². The van der Waals surface area contributed by atoms with Crippen molar-refractivity contribution >= 4 is 15.9 Å². The van der Waals surface area contributed by atoms with E-state index in [1.807, 2.05) is 18.3 Å². The Morgan fingerprint density at radius 2 is 2.30 bits per heavy atom. The predicted molar refractivity (Wildman–Crippen MR) is 93.0 cm³/mol. The molecule has 118 valence electrons. The molecule has 0 bridgehead atoms. The van der Waals surface area contributed by atoms with Crippen LogP contribution in [0.5, 0.6) is 0 Å². The molecule has 0 radical (unpaired) electrons. The summed E-state index contributed by atoms with van der Waals surface area (Å²) in [5.41, 5.74) is 3.47. The molecule has 1 unspecified atom stereocenters. The average Bonchev–Trinajstić information content (AvgIpc) is 3.22. The van der Waals surface area contributed by atoms with E-state index in [1.165, 1.54) is 12.0 Å². The zero-order valence-corrected chi connectivity index (χ0v) is 14.3. The molecule has 0 saturated carbocycles. The van der Waals surface area contributed by atoms with E-state index >= 15 is 0 Å². The maximum atomic E-state index is 5.54. The van der Waals surface area contributed by atoms with Crippen LogP contribution in [-0.2, 0) is 13.0 Å². The van der Waals surface area contributed by atoms with Gasteiger partial charge in [-0.1, -0.05) is 28.1 Å². The van der Waals surface area contributed by atoms with Crippen LogP contribution in [-0.4, -0.2) is 9.97 Å². The van der Waals surface area contributed by atoms with Gasteiger partial charge in [-0.25, -0.2) is 4.98 Å². The van der Waals surface area contributed by atoms with Gasteiger partial charge in [-0.2, -0.15) is 0 Å². The minimum Gasteiger partial charge on any atom is -0.469 e. The summed E-state index contributed by atoms with van der Waals surface area (Å²) in [7, 11) is 0. The smallest absolute Gasteiger partial charge is 0.120 e. The lowest BCUT2D eigenvalue weighted by molar-refractivity contribution is 0.408. The molecule has 1 aliphatic rings. The van der Waals surface area contributed by atoms with Crippen LogP contribution >= 0.6 is 15.9 Å². The highest BCUT2D eigenvalue weighted by molar-refractivity contribution is 9.10. The highest BCUT2D eigenvalue weighted by atomic mass is 79.9. The van der Waals surface area contributed by atoms with E-state index in [-0.39, 0.29) is 0 Å². The van der Waals surface area contributed by atoms with Crippen molar-refractivity contribution in [1.29, 1.82) is 0 Å². The number of aryl methyl sites for hydroxylation is 1. The fourth-order valence-corrected chi connectivity index (χ4v) is 3.57. The maximum absolute atomic E-state index is 5.54. The summed E-state index contributed by atoms with van der Waals surface area (Å²) in [5, 5.41) is 3.59. The number of imidazole rings is 1. The summed E-state index contributed by atoms with van der Waals surface area (Å²) < 4.78 is 6.61. The third kappa shape index (κ3) is 3.12. The number of hydrogen-bond acceptors (Lipinski definition) is 3. The first kappa shape index (κ1) is 14.7. The lowest BCUT2D eigenvalue weighted by atomic mass is 9.93. The third-order valence-electron chi connectivity index (χ3n) is 4.33. The number of aromatic nitrogens is 2. The highest BCUT2D eigenvalue weighted by Gasteiger charge is 2.22. The maximum Gasteiger partial charge on any atom is 0.120 e. The van der Waals surface area contributed by atoms with Crippen LogP contribution in [0.3, 0.4) is 0 Å². The van der Waals surface area contributed by atoms with Crippen LogP contribution in [0.2, 0.25) is 0 Å². The van der Waals surface area contributed by atoms with E-state index in [0.717, 1.165) is 46.7 Å². The minimum atomic E-state index is 0.358. The molecule has 3 aromatic rings. The number of hydrogen-bond donors (Lipinski definition) is 2.